The Morgan fingerprint density at radius 3 is 3.00 bits per heavy atom. The molecular weight excluding hydrogens is 224 g/mol. The molecule has 1 atom stereocenters. The van der Waals surface area contributed by atoms with Crippen LogP contribution in [0.3, 0.4) is 0 Å². The Morgan fingerprint density at radius 2 is 2.33 bits per heavy atom. The van der Waals surface area contributed by atoms with Gasteiger partial charge in [-0.1, -0.05) is 19.9 Å². The van der Waals surface area contributed by atoms with Crippen molar-refractivity contribution in [3.8, 4) is 0 Å². The molecule has 2 heterocycles. The minimum absolute atomic E-state index is 0.103. The molecule has 0 radical (unpaired) electrons. The second-order valence-corrected chi connectivity index (χ2v) is 4.49. The number of nitrogens with zero attached hydrogens (tertiary/aromatic N) is 1. The third-order valence-corrected chi connectivity index (χ3v) is 3.24. The molecule has 0 fully saturated rings. The van der Waals surface area contributed by atoms with Gasteiger partial charge in [0.2, 0.25) is 0 Å². The minimum Gasteiger partial charge on any atom is -0.496 e. The molecule has 0 bridgehead atoms. The molecule has 2 rings (SSSR count). The normalized spacial score (nSPS) is 16.9. The molecule has 0 amide bonds. The third-order valence-electron chi connectivity index (χ3n) is 3.24. The Bertz CT molecular complexity index is 415. The van der Waals surface area contributed by atoms with Crippen molar-refractivity contribution in [3.63, 3.8) is 0 Å². The van der Waals surface area contributed by atoms with Gasteiger partial charge in [0, 0.05) is 6.20 Å². The molecule has 1 unspecified atom stereocenters. The summed E-state index contributed by atoms with van der Waals surface area (Å²) in [5, 5.41) is 3.49. The van der Waals surface area contributed by atoms with Crippen LogP contribution in [0.1, 0.15) is 44.0 Å². The Balaban J connectivity index is 2.31. The van der Waals surface area contributed by atoms with E-state index in [0.29, 0.717) is 0 Å². The number of likely N-dealkylation sites (N-methyl/N-ethyl adjacent to an activating group) is 1. The van der Waals surface area contributed by atoms with Crippen molar-refractivity contribution in [2.75, 3.05) is 13.2 Å². The Morgan fingerprint density at radius 1 is 1.44 bits per heavy atom. The van der Waals surface area contributed by atoms with Gasteiger partial charge in [-0.05, 0) is 43.5 Å². The molecule has 3 heteroatoms. The lowest BCUT2D eigenvalue weighted by atomic mass is 10.0. The van der Waals surface area contributed by atoms with Crippen LogP contribution >= 0.6 is 0 Å². The maximum Gasteiger partial charge on any atom is 0.115 e. The van der Waals surface area contributed by atoms with E-state index in [1.54, 1.807) is 0 Å². The number of rotatable bonds is 5. The molecule has 1 N–H and O–H groups in total. The highest BCUT2D eigenvalue weighted by Gasteiger charge is 2.22. The van der Waals surface area contributed by atoms with Gasteiger partial charge in [-0.3, -0.25) is 4.98 Å². The zero-order valence-electron chi connectivity index (χ0n) is 11.3. The minimum atomic E-state index is 0.103. The van der Waals surface area contributed by atoms with E-state index >= 15 is 0 Å². The van der Waals surface area contributed by atoms with Gasteiger partial charge in [-0.2, -0.15) is 0 Å². The summed E-state index contributed by atoms with van der Waals surface area (Å²) in [7, 11) is 0. The SMILES string of the molecule is CCNC(C1=CCCCO1)c1ncccc1CC. The number of pyridine rings is 1. The van der Waals surface area contributed by atoms with Crippen molar-refractivity contribution < 1.29 is 4.74 Å². The van der Waals surface area contributed by atoms with Crippen molar-refractivity contribution in [2.24, 2.45) is 0 Å². The number of aryl methyl sites for hydroxylation is 1. The predicted molar refractivity (Wildman–Crippen MR) is 73.3 cm³/mol. The number of nitrogens with one attached hydrogen (secondary N) is 1. The maximum absolute atomic E-state index is 5.81. The lowest BCUT2D eigenvalue weighted by molar-refractivity contribution is 0.167. The van der Waals surface area contributed by atoms with E-state index < -0.39 is 0 Å². The standard InChI is InChI=1S/C15H22N2O/c1-3-12-8-7-10-17-14(12)15(16-4-2)13-9-5-6-11-18-13/h7-10,15-16H,3-6,11H2,1-2H3. The highest BCUT2D eigenvalue weighted by atomic mass is 16.5. The van der Waals surface area contributed by atoms with E-state index in [9.17, 15) is 0 Å². The lowest BCUT2D eigenvalue weighted by Crippen LogP contribution is -2.27. The summed E-state index contributed by atoms with van der Waals surface area (Å²) in [6.45, 7) is 6.01. The fraction of sp³-hybridized carbons (Fsp3) is 0.533. The fourth-order valence-corrected chi connectivity index (χ4v) is 2.32. The smallest absolute Gasteiger partial charge is 0.115 e. The highest BCUT2D eigenvalue weighted by molar-refractivity contribution is 5.28. The summed E-state index contributed by atoms with van der Waals surface area (Å²) < 4.78 is 5.81. The van der Waals surface area contributed by atoms with Gasteiger partial charge in [0.05, 0.1) is 12.3 Å². The van der Waals surface area contributed by atoms with Gasteiger partial charge < -0.3 is 10.1 Å². The van der Waals surface area contributed by atoms with Crippen molar-refractivity contribution >= 4 is 0 Å². The molecule has 1 aliphatic heterocycles. The van der Waals surface area contributed by atoms with Crippen LogP contribution in [0, 0.1) is 0 Å². The first-order valence-corrected chi connectivity index (χ1v) is 6.86. The van der Waals surface area contributed by atoms with Crippen LogP contribution in [0.2, 0.25) is 0 Å². The molecule has 0 aliphatic carbocycles. The van der Waals surface area contributed by atoms with Crippen LogP contribution in [0.5, 0.6) is 0 Å². The van der Waals surface area contributed by atoms with E-state index in [4.69, 9.17) is 4.74 Å². The zero-order valence-corrected chi connectivity index (χ0v) is 11.3. The summed E-state index contributed by atoms with van der Waals surface area (Å²) in [4.78, 5) is 4.56. The van der Waals surface area contributed by atoms with Gasteiger partial charge in [0.25, 0.3) is 0 Å². The summed E-state index contributed by atoms with van der Waals surface area (Å²) >= 11 is 0. The van der Waals surface area contributed by atoms with Crippen molar-refractivity contribution in [1.82, 2.24) is 10.3 Å². The van der Waals surface area contributed by atoms with Crippen LogP contribution < -0.4 is 5.32 Å². The zero-order chi connectivity index (χ0) is 12.8. The van der Waals surface area contributed by atoms with E-state index in [1.165, 1.54) is 5.56 Å². The van der Waals surface area contributed by atoms with Gasteiger partial charge in [0.1, 0.15) is 11.8 Å². The average Bonchev–Trinajstić information content (AvgIpc) is 2.46. The summed E-state index contributed by atoms with van der Waals surface area (Å²) in [5.41, 5.74) is 2.40. The number of aromatic nitrogens is 1. The highest BCUT2D eigenvalue weighted by Crippen LogP contribution is 2.27. The molecule has 0 aromatic carbocycles. The molecule has 98 valence electrons. The van der Waals surface area contributed by atoms with E-state index in [0.717, 1.165) is 43.9 Å². The molecular formula is C15H22N2O. The molecule has 0 saturated carbocycles. The Labute approximate surface area is 109 Å². The topological polar surface area (TPSA) is 34.1 Å². The molecule has 1 aromatic heterocycles. The molecule has 3 nitrogen and oxygen atoms in total. The van der Waals surface area contributed by atoms with E-state index in [-0.39, 0.29) is 6.04 Å². The first-order valence-electron chi connectivity index (χ1n) is 6.86. The van der Waals surface area contributed by atoms with Crippen molar-refractivity contribution in [1.29, 1.82) is 0 Å². The molecule has 18 heavy (non-hydrogen) atoms. The van der Waals surface area contributed by atoms with Crippen LogP contribution in [-0.2, 0) is 11.2 Å². The molecule has 0 saturated heterocycles. The average molecular weight is 246 g/mol. The second-order valence-electron chi connectivity index (χ2n) is 4.49. The monoisotopic (exact) mass is 246 g/mol. The summed E-state index contributed by atoms with van der Waals surface area (Å²) in [5.74, 6) is 1.04. The summed E-state index contributed by atoms with van der Waals surface area (Å²) in [6.07, 6.45) is 7.28. The van der Waals surface area contributed by atoms with Crippen LogP contribution in [0.4, 0.5) is 0 Å². The maximum atomic E-state index is 5.81. The molecule has 0 spiro atoms. The van der Waals surface area contributed by atoms with Gasteiger partial charge in [-0.25, -0.2) is 0 Å². The van der Waals surface area contributed by atoms with Crippen LogP contribution in [-0.4, -0.2) is 18.1 Å². The number of allylic oxidation sites excluding steroid dienone is 1. The number of hydrogen-bond donors (Lipinski definition) is 1. The third kappa shape index (κ3) is 2.91. The van der Waals surface area contributed by atoms with E-state index in [2.05, 4.69) is 36.3 Å². The quantitative estimate of drug-likeness (QED) is 0.867. The van der Waals surface area contributed by atoms with E-state index in [1.807, 2.05) is 12.3 Å². The van der Waals surface area contributed by atoms with Gasteiger partial charge in [-0.15, -0.1) is 0 Å². The first-order chi connectivity index (χ1) is 8.86. The molecule has 1 aromatic rings. The Kier molecular flexibility index (Phi) is 4.76. The second kappa shape index (κ2) is 6.55. The van der Waals surface area contributed by atoms with Crippen molar-refractivity contribution in [2.45, 2.75) is 39.2 Å². The van der Waals surface area contributed by atoms with Crippen LogP contribution in [0.25, 0.3) is 0 Å². The number of ether oxygens (including phenoxy) is 1. The largest absolute Gasteiger partial charge is 0.496 e. The van der Waals surface area contributed by atoms with Gasteiger partial charge >= 0.3 is 0 Å². The number of hydrogen-bond acceptors (Lipinski definition) is 3. The van der Waals surface area contributed by atoms with Crippen molar-refractivity contribution in [3.05, 3.63) is 41.4 Å². The fourth-order valence-electron chi connectivity index (χ4n) is 2.32. The molecule has 1 aliphatic rings. The lowest BCUT2D eigenvalue weighted by Gasteiger charge is -2.25. The summed E-state index contributed by atoms with van der Waals surface area (Å²) in [6, 6.07) is 4.25. The Hall–Kier alpha value is -1.35. The van der Waals surface area contributed by atoms with Crippen LogP contribution in [0.15, 0.2) is 30.2 Å². The first kappa shape index (κ1) is 13.1. The van der Waals surface area contributed by atoms with Gasteiger partial charge in [0.15, 0.2) is 0 Å². The predicted octanol–water partition coefficient (Wildman–Crippen LogP) is 2.99.